The van der Waals surface area contributed by atoms with Gasteiger partial charge in [0.2, 0.25) is 0 Å². The lowest BCUT2D eigenvalue weighted by Gasteiger charge is -2.06. The predicted octanol–water partition coefficient (Wildman–Crippen LogP) is 5.16. The van der Waals surface area contributed by atoms with Crippen molar-refractivity contribution in [1.29, 1.82) is 0 Å². The predicted molar refractivity (Wildman–Crippen MR) is 91.4 cm³/mol. The second-order valence-electron chi connectivity index (χ2n) is 5.15. The van der Waals surface area contributed by atoms with E-state index in [0.29, 0.717) is 0 Å². The summed E-state index contributed by atoms with van der Waals surface area (Å²) in [6, 6.07) is 21.0. The highest BCUT2D eigenvalue weighted by Gasteiger charge is 2.12. The zero-order valence-electron chi connectivity index (χ0n) is 11.5. The fraction of sp³-hybridized carbons (Fsp3) is 0.0556. The van der Waals surface area contributed by atoms with Gasteiger partial charge in [-0.1, -0.05) is 58.4 Å². The van der Waals surface area contributed by atoms with Crippen molar-refractivity contribution in [1.82, 2.24) is 9.55 Å². The number of rotatable bonds is 1. The van der Waals surface area contributed by atoms with Crippen LogP contribution in [0, 0.1) is 0 Å². The number of hydrogen-bond acceptors (Lipinski definition) is 1. The molecule has 0 aliphatic carbocycles. The first kappa shape index (κ1) is 12.6. The van der Waals surface area contributed by atoms with Gasteiger partial charge in [0, 0.05) is 17.1 Å². The number of hydrogen-bond donors (Lipinski definition) is 0. The van der Waals surface area contributed by atoms with E-state index in [0.717, 1.165) is 21.3 Å². The quantitative estimate of drug-likeness (QED) is 0.469. The third-order valence-corrected chi connectivity index (χ3v) is 4.37. The maximum atomic E-state index is 4.82. The minimum Gasteiger partial charge on any atom is -0.327 e. The van der Waals surface area contributed by atoms with Gasteiger partial charge < -0.3 is 4.57 Å². The van der Waals surface area contributed by atoms with E-state index in [-0.39, 0.29) is 0 Å². The summed E-state index contributed by atoms with van der Waals surface area (Å²) in [6.45, 7) is 0. The number of fused-ring (bicyclic) bond motifs is 2. The summed E-state index contributed by atoms with van der Waals surface area (Å²) in [5, 5.41) is 2.47. The van der Waals surface area contributed by atoms with Gasteiger partial charge >= 0.3 is 0 Å². The first-order valence-electron chi connectivity index (χ1n) is 6.84. The molecule has 0 aliphatic heterocycles. The molecule has 0 amide bonds. The third kappa shape index (κ3) is 1.96. The Kier molecular flexibility index (Phi) is 2.82. The van der Waals surface area contributed by atoms with Gasteiger partial charge in [-0.25, -0.2) is 4.98 Å². The standard InChI is InChI=1S/C18H13BrN2/c1-21-17-11-13(19)9-10-16(17)20-18(21)15-8-4-6-12-5-2-3-7-14(12)15/h2-11H,1H3. The summed E-state index contributed by atoms with van der Waals surface area (Å²) in [5.41, 5.74) is 3.32. The minimum absolute atomic E-state index is 1.000. The smallest absolute Gasteiger partial charge is 0.141 e. The fourth-order valence-corrected chi connectivity index (χ4v) is 3.17. The lowest BCUT2D eigenvalue weighted by molar-refractivity contribution is 0.960. The Morgan fingerprint density at radius 3 is 2.67 bits per heavy atom. The minimum atomic E-state index is 1.000. The van der Waals surface area contributed by atoms with Gasteiger partial charge in [0.25, 0.3) is 0 Å². The van der Waals surface area contributed by atoms with Crippen LogP contribution in [-0.2, 0) is 7.05 Å². The molecule has 0 saturated carbocycles. The molecule has 0 spiro atoms. The first-order chi connectivity index (χ1) is 10.2. The van der Waals surface area contributed by atoms with E-state index in [9.17, 15) is 0 Å². The second kappa shape index (κ2) is 4.71. The molecule has 4 rings (SSSR count). The van der Waals surface area contributed by atoms with Gasteiger partial charge in [0.05, 0.1) is 11.0 Å². The SMILES string of the molecule is Cn1c(-c2cccc3ccccc23)nc2ccc(Br)cc21. The van der Waals surface area contributed by atoms with E-state index in [1.165, 1.54) is 16.3 Å². The Morgan fingerprint density at radius 1 is 0.952 bits per heavy atom. The molecule has 0 radical (unpaired) electrons. The Labute approximate surface area is 131 Å². The molecule has 1 aromatic heterocycles. The van der Waals surface area contributed by atoms with E-state index in [2.05, 4.69) is 76.1 Å². The lowest BCUT2D eigenvalue weighted by atomic mass is 10.0. The van der Waals surface area contributed by atoms with Gasteiger partial charge in [0.1, 0.15) is 5.82 Å². The topological polar surface area (TPSA) is 17.8 Å². The molecule has 102 valence electrons. The van der Waals surface area contributed by atoms with Gasteiger partial charge in [-0.15, -0.1) is 0 Å². The average molecular weight is 337 g/mol. The summed E-state index contributed by atoms with van der Waals surface area (Å²) >= 11 is 3.53. The molecule has 0 aliphatic rings. The monoisotopic (exact) mass is 336 g/mol. The zero-order chi connectivity index (χ0) is 14.4. The molecule has 0 atom stereocenters. The number of benzene rings is 3. The molecular weight excluding hydrogens is 324 g/mol. The molecule has 3 aromatic carbocycles. The van der Waals surface area contributed by atoms with Crippen molar-refractivity contribution < 1.29 is 0 Å². The molecule has 0 unspecified atom stereocenters. The van der Waals surface area contributed by atoms with Crippen LogP contribution < -0.4 is 0 Å². The van der Waals surface area contributed by atoms with E-state index >= 15 is 0 Å². The number of aromatic nitrogens is 2. The van der Waals surface area contributed by atoms with Gasteiger partial charge in [-0.3, -0.25) is 0 Å². The van der Waals surface area contributed by atoms with Crippen LogP contribution in [0.15, 0.2) is 65.1 Å². The van der Waals surface area contributed by atoms with Crippen LogP contribution in [-0.4, -0.2) is 9.55 Å². The van der Waals surface area contributed by atoms with Gasteiger partial charge in [0.15, 0.2) is 0 Å². The third-order valence-electron chi connectivity index (χ3n) is 3.87. The van der Waals surface area contributed by atoms with E-state index in [1.54, 1.807) is 0 Å². The van der Waals surface area contributed by atoms with Crippen molar-refractivity contribution in [3.05, 3.63) is 65.1 Å². The van der Waals surface area contributed by atoms with Crippen LogP contribution in [0.2, 0.25) is 0 Å². The maximum Gasteiger partial charge on any atom is 0.141 e. The Morgan fingerprint density at radius 2 is 1.76 bits per heavy atom. The molecule has 21 heavy (non-hydrogen) atoms. The Balaban J connectivity index is 2.07. The highest BCUT2D eigenvalue weighted by Crippen LogP contribution is 2.30. The van der Waals surface area contributed by atoms with Crippen molar-refractivity contribution in [2.45, 2.75) is 0 Å². The van der Waals surface area contributed by atoms with E-state index < -0.39 is 0 Å². The van der Waals surface area contributed by atoms with Crippen molar-refractivity contribution in [3.63, 3.8) is 0 Å². The molecule has 0 fully saturated rings. The fourth-order valence-electron chi connectivity index (χ4n) is 2.82. The van der Waals surface area contributed by atoms with Crippen LogP contribution in [0.4, 0.5) is 0 Å². The number of nitrogens with zero attached hydrogens (tertiary/aromatic N) is 2. The van der Waals surface area contributed by atoms with Crippen molar-refractivity contribution in [2.24, 2.45) is 7.05 Å². The second-order valence-corrected chi connectivity index (χ2v) is 6.07. The summed E-state index contributed by atoms with van der Waals surface area (Å²) in [4.78, 5) is 4.82. The molecule has 0 N–H and O–H groups in total. The Bertz CT molecular complexity index is 964. The van der Waals surface area contributed by atoms with Gasteiger partial charge in [-0.2, -0.15) is 0 Å². The molecule has 0 bridgehead atoms. The van der Waals surface area contributed by atoms with E-state index in [4.69, 9.17) is 4.98 Å². The van der Waals surface area contributed by atoms with Crippen LogP contribution in [0.1, 0.15) is 0 Å². The Hall–Kier alpha value is -2.13. The van der Waals surface area contributed by atoms with Crippen molar-refractivity contribution in [3.8, 4) is 11.4 Å². The summed E-state index contributed by atoms with van der Waals surface area (Å²) in [5.74, 6) is 1.000. The summed E-state index contributed by atoms with van der Waals surface area (Å²) < 4.78 is 3.23. The highest BCUT2D eigenvalue weighted by atomic mass is 79.9. The van der Waals surface area contributed by atoms with Crippen LogP contribution in [0.3, 0.4) is 0 Å². The normalized spacial score (nSPS) is 11.3. The molecule has 3 heteroatoms. The summed E-state index contributed by atoms with van der Waals surface area (Å²) in [6.07, 6.45) is 0. The molecular formula is C18H13BrN2. The molecule has 4 aromatic rings. The number of halogens is 1. The molecule has 2 nitrogen and oxygen atoms in total. The van der Waals surface area contributed by atoms with Crippen molar-refractivity contribution >= 4 is 37.7 Å². The van der Waals surface area contributed by atoms with Crippen LogP contribution >= 0.6 is 15.9 Å². The highest BCUT2D eigenvalue weighted by molar-refractivity contribution is 9.10. The zero-order valence-corrected chi connectivity index (χ0v) is 13.1. The van der Waals surface area contributed by atoms with E-state index in [1.807, 2.05) is 12.1 Å². The molecule has 0 saturated heterocycles. The van der Waals surface area contributed by atoms with Crippen molar-refractivity contribution in [2.75, 3.05) is 0 Å². The van der Waals surface area contributed by atoms with Gasteiger partial charge in [-0.05, 0) is 29.0 Å². The van der Waals surface area contributed by atoms with Crippen LogP contribution in [0.5, 0.6) is 0 Å². The number of aryl methyl sites for hydroxylation is 1. The average Bonchev–Trinajstić information content (AvgIpc) is 2.83. The number of imidazole rings is 1. The van der Waals surface area contributed by atoms with Crippen LogP contribution in [0.25, 0.3) is 33.2 Å². The lowest BCUT2D eigenvalue weighted by Crippen LogP contribution is -1.93. The first-order valence-corrected chi connectivity index (χ1v) is 7.63. The largest absolute Gasteiger partial charge is 0.327 e. The maximum absolute atomic E-state index is 4.82. The molecule has 1 heterocycles. The summed E-state index contributed by atoms with van der Waals surface area (Å²) in [7, 11) is 2.07.